The third-order valence-electron chi connectivity index (χ3n) is 4.02. The normalized spacial score (nSPS) is 12.6. The van der Waals surface area contributed by atoms with Gasteiger partial charge in [0.05, 0.1) is 18.0 Å². The highest BCUT2D eigenvalue weighted by Crippen LogP contribution is 2.26. The van der Waals surface area contributed by atoms with Crippen molar-refractivity contribution in [2.24, 2.45) is 5.73 Å². The zero-order valence-electron chi connectivity index (χ0n) is 14.4. The number of nitrogens with zero attached hydrogens (tertiary/aromatic N) is 2. The number of amides is 1. The number of aliphatic hydroxyl groups excluding tert-OH is 1. The van der Waals surface area contributed by atoms with Crippen molar-refractivity contribution in [1.82, 2.24) is 15.0 Å². The molecule has 0 aliphatic heterocycles. The lowest BCUT2D eigenvalue weighted by atomic mass is 9.97. The molecule has 7 heteroatoms. The van der Waals surface area contributed by atoms with Crippen LogP contribution >= 0.6 is 0 Å². The van der Waals surface area contributed by atoms with Crippen LogP contribution in [0.2, 0.25) is 0 Å². The zero-order chi connectivity index (χ0) is 18.8. The molecule has 0 spiro atoms. The van der Waals surface area contributed by atoms with Gasteiger partial charge in [0.1, 0.15) is 5.52 Å². The monoisotopic (exact) mass is 350 g/mol. The van der Waals surface area contributed by atoms with Crippen molar-refractivity contribution in [2.75, 3.05) is 0 Å². The number of carbonyl (C=O) groups excluding carboxylic acids is 2. The number of primary amides is 1. The number of benzene rings is 1. The molecule has 1 atom stereocenters. The molecule has 1 amide bonds. The molecule has 7 nitrogen and oxygen atoms in total. The Balaban J connectivity index is 2.10. The largest absolute Gasteiger partial charge is 0.389 e. The van der Waals surface area contributed by atoms with Crippen molar-refractivity contribution < 1.29 is 14.7 Å². The first-order valence-electron chi connectivity index (χ1n) is 8.01. The van der Waals surface area contributed by atoms with Crippen molar-refractivity contribution in [1.29, 1.82) is 0 Å². The van der Waals surface area contributed by atoms with Crippen LogP contribution in [0.15, 0.2) is 36.7 Å². The lowest BCUT2D eigenvalue weighted by Gasteiger charge is -2.11. The van der Waals surface area contributed by atoms with Gasteiger partial charge in [-0.25, -0.2) is 9.97 Å². The first-order valence-corrected chi connectivity index (χ1v) is 8.01. The Morgan fingerprint density at radius 1 is 1.35 bits per heavy atom. The fourth-order valence-electron chi connectivity index (χ4n) is 2.73. The number of rotatable bonds is 5. The van der Waals surface area contributed by atoms with Crippen LogP contribution in [0, 0.1) is 0 Å². The molecule has 2 aromatic heterocycles. The van der Waals surface area contributed by atoms with Crippen LogP contribution in [0.25, 0.3) is 28.5 Å². The van der Waals surface area contributed by atoms with E-state index >= 15 is 0 Å². The highest BCUT2D eigenvalue weighted by molar-refractivity contribution is 5.97. The highest BCUT2D eigenvalue weighted by atomic mass is 16.3. The molecular weight excluding hydrogens is 332 g/mol. The number of aromatic nitrogens is 3. The van der Waals surface area contributed by atoms with E-state index < -0.39 is 12.0 Å². The first-order chi connectivity index (χ1) is 12.4. The van der Waals surface area contributed by atoms with Crippen LogP contribution in [0.3, 0.4) is 0 Å². The Labute approximate surface area is 149 Å². The van der Waals surface area contributed by atoms with E-state index in [1.165, 1.54) is 13.0 Å². The molecule has 4 N–H and O–H groups in total. The molecule has 0 saturated heterocycles. The fourth-order valence-corrected chi connectivity index (χ4v) is 2.73. The van der Waals surface area contributed by atoms with Crippen LogP contribution in [0.1, 0.15) is 41.4 Å². The van der Waals surface area contributed by atoms with Gasteiger partial charge in [-0.05, 0) is 31.6 Å². The third-order valence-corrected chi connectivity index (χ3v) is 4.02. The van der Waals surface area contributed by atoms with Crippen molar-refractivity contribution >= 4 is 28.9 Å². The summed E-state index contributed by atoms with van der Waals surface area (Å²) in [5, 5.41) is 9.84. The van der Waals surface area contributed by atoms with Gasteiger partial charge in [-0.3, -0.25) is 9.59 Å². The Morgan fingerprint density at radius 3 is 2.77 bits per heavy atom. The predicted octanol–water partition coefficient (Wildman–Crippen LogP) is 2.38. The van der Waals surface area contributed by atoms with Crippen molar-refractivity contribution in [2.45, 2.75) is 20.0 Å². The maximum atomic E-state index is 11.9. The summed E-state index contributed by atoms with van der Waals surface area (Å²) in [6.45, 7) is 3.07. The van der Waals surface area contributed by atoms with E-state index in [-0.39, 0.29) is 5.78 Å². The van der Waals surface area contributed by atoms with Gasteiger partial charge in [0.2, 0.25) is 5.91 Å². The quantitative estimate of drug-likeness (QED) is 0.482. The molecule has 132 valence electrons. The van der Waals surface area contributed by atoms with Gasteiger partial charge in [0, 0.05) is 29.0 Å². The molecular formula is C19H18N4O3. The Bertz CT molecular complexity index is 1030. The van der Waals surface area contributed by atoms with Crippen molar-refractivity contribution in [3.63, 3.8) is 0 Å². The van der Waals surface area contributed by atoms with E-state index in [0.717, 1.165) is 0 Å². The average molecular weight is 350 g/mol. The number of hydrogen-bond acceptors (Lipinski definition) is 5. The van der Waals surface area contributed by atoms with Gasteiger partial charge >= 0.3 is 0 Å². The molecule has 0 aliphatic rings. The number of aliphatic hydroxyl groups is 1. The van der Waals surface area contributed by atoms with Gasteiger partial charge < -0.3 is 15.8 Å². The fraction of sp³-hybridized carbons (Fsp3) is 0.158. The van der Waals surface area contributed by atoms with E-state index in [9.17, 15) is 14.7 Å². The van der Waals surface area contributed by atoms with Gasteiger partial charge in [0.25, 0.3) is 0 Å². The molecule has 2 heterocycles. The minimum absolute atomic E-state index is 0.136. The number of ketones is 1. The summed E-state index contributed by atoms with van der Waals surface area (Å²) in [7, 11) is 0. The van der Waals surface area contributed by atoms with Gasteiger partial charge in [0.15, 0.2) is 11.4 Å². The zero-order valence-corrected chi connectivity index (χ0v) is 14.4. The van der Waals surface area contributed by atoms with E-state index in [4.69, 9.17) is 5.73 Å². The number of fused-ring (bicyclic) bond motifs is 1. The SMILES string of the molecule is CC(=O)c1cc(-c2cnc3[nH]cc(C=CC(N)=O)c3n2)ccc1C(C)O. The molecule has 26 heavy (non-hydrogen) atoms. The number of nitrogens with one attached hydrogen (secondary N) is 1. The second-order valence-electron chi connectivity index (χ2n) is 5.97. The summed E-state index contributed by atoms with van der Waals surface area (Å²) in [6, 6.07) is 5.20. The molecule has 1 aromatic carbocycles. The van der Waals surface area contributed by atoms with E-state index in [2.05, 4.69) is 15.0 Å². The number of H-pyrrole nitrogens is 1. The number of aromatic amines is 1. The number of Topliss-reactive ketones (excluding diaryl/α,β-unsaturated/α-hetero) is 1. The summed E-state index contributed by atoms with van der Waals surface area (Å²) < 4.78 is 0. The van der Waals surface area contributed by atoms with Crippen LogP contribution in [-0.2, 0) is 4.79 Å². The van der Waals surface area contributed by atoms with Crippen LogP contribution in [0.5, 0.6) is 0 Å². The summed E-state index contributed by atoms with van der Waals surface area (Å²) >= 11 is 0. The van der Waals surface area contributed by atoms with Crippen LogP contribution in [0.4, 0.5) is 0 Å². The molecule has 0 aliphatic carbocycles. The van der Waals surface area contributed by atoms with Gasteiger partial charge in [-0.1, -0.05) is 12.1 Å². The minimum Gasteiger partial charge on any atom is -0.389 e. The average Bonchev–Trinajstić information content (AvgIpc) is 3.01. The summed E-state index contributed by atoms with van der Waals surface area (Å²) in [6.07, 6.45) is 5.36. The first kappa shape index (κ1) is 17.5. The summed E-state index contributed by atoms with van der Waals surface area (Å²) in [5.74, 6) is -0.688. The third kappa shape index (κ3) is 3.38. The molecule has 1 unspecified atom stereocenters. The standard InChI is InChI=1S/C19H18N4O3/c1-10(24)14-5-3-12(7-15(14)11(2)25)16-9-22-19-18(23-16)13(8-21-19)4-6-17(20)26/h3-10,24H,1-2H3,(H2,20,26)(H,21,22). The highest BCUT2D eigenvalue weighted by Gasteiger charge is 2.14. The molecule has 0 bridgehead atoms. The minimum atomic E-state index is -0.744. The predicted molar refractivity (Wildman–Crippen MR) is 98.2 cm³/mol. The van der Waals surface area contributed by atoms with E-state index in [1.54, 1.807) is 43.6 Å². The lowest BCUT2D eigenvalue weighted by molar-refractivity contribution is -0.113. The Kier molecular flexibility index (Phi) is 4.64. The Hall–Kier alpha value is -3.32. The molecule has 3 rings (SSSR count). The van der Waals surface area contributed by atoms with Crippen LogP contribution < -0.4 is 5.73 Å². The van der Waals surface area contributed by atoms with Crippen molar-refractivity contribution in [3.8, 4) is 11.3 Å². The van der Waals surface area contributed by atoms with E-state index in [1.807, 2.05) is 0 Å². The second kappa shape index (κ2) is 6.89. The number of hydrogen-bond donors (Lipinski definition) is 3. The number of nitrogens with two attached hydrogens (primary N) is 1. The molecule has 3 aromatic rings. The molecule has 0 fully saturated rings. The summed E-state index contributed by atoms with van der Waals surface area (Å²) in [4.78, 5) is 34.8. The maximum Gasteiger partial charge on any atom is 0.241 e. The molecule has 0 saturated carbocycles. The topological polar surface area (TPSA) is 122 Å². The second-order valence-corrected chi connectivity index (χ2v) is 5.97. The molecule has 0 radical (unpaired) electrons. The lowest BCUT2D eigenvalue weighted by Crippen LogP contribution is -2.05. The number of carbonyl (C=O) groups is 2. The van der Waals surface area contributed by atoms with Gasteiger partial charge in [-0.15, -0.1) is 0 Å². The Morgan fingerprint density at radius 2 is 2.12 bits per heavy atom. The maximum absolute atomic E-state index is 11.9. The van der Waals surface area contributed by atoms with Gasteiger partial charge in [-0.2, -0.15) is 0 Å². The van der Waals surface area contributed by atoms with E-state index in [0.29, 0.717) is 39.1 Å². The summed E-state index contributed by atoms with van der Waals surface area (Å²) in [5.41, 5.74) is 9.28. The van der Waals surface area contributed by atoms with Crippen LogP contribution in [-0.4, -0.2) is 31.7 Å². The van der Waals surface area contributed by atoms with Crippen molar-refractivity contribution in [3.05, 3.63) is 53.4 Å². The smallest absolute Gasteiger partial charge is 0.241 e.